The number of thioether (sulfide) groups is 2. The molecule has 2 N–H and O–H groups in total. The zero-order valence-corrected chi connectivity index (χ0v) is 14.3. The van der Waals surface area contributed by atoms with Crippen molar-refractivity contribution in [1.29, 1.82) is 0 Å². The van der Waals surface area contributed by atoms with E-state index in [1.807, 2.05) is 13.2 Å². The summed E-state index contributed by atoms with van der Waals surface area (Å²) in [5.74, 6) is 0.752. The van der Waals surface area contributed by atoms with Gasteiger partial charge in [-0.2, -0.15) is 4.99 Å². The van der Waals surface area contributed by atoms with Crippen LogP contribution in [0, 0.1) is 6.92 Å². The van der Waals surface area contributed by atoms with Gasteiger partial charge in [0.25, 0.3) is 0 Å². The minimum Gasteiger partial charge on any atom is -0.368 e. The summed E-state index contributed by atoms with van der Waals surface area (Å²) in [5, 5.41) is 2.20. The summed E-state index contributed by atoms with van der Waals surface area (Å²) in [6.07, 6.45) is 3.41. The molecule has 108 valence electrons. The molecule has 0 radical (unpaired) electrons. The summed E-state index contributed by atoms with van der Waals surface area (Å²) in [7, 11) is 0. The van der Waals surface area contributed by atoms with E-state index in [0.29, 0.717) is 16.0 Å². The number of nitrogens with two attached hydrogens (primary N) is 1. The van der Waals surface area contributed by atoms with Crippen LogP contribution in [0.3, 0.4) is 0 Å². The Balaban J connectivity index is 1.97. The van der Waals surface area contributed by atoms with Crippen LogP contribution < -0.4 is 5.73 Å². The molecule has 0 aromatic carbocycles. The number of hydrogen-bond donors (Lipinski definition) is 1. The van der Waals surface area contributed by atoms with Crippen LogP contribution in [0.25, 0.3) is 0 Å². The van der Waals surface area contributed by atoms with Crippen LogP contribution in [0.15, 0.2) is 34.6 Å². The normalized spacial score (nSPS) is 20.0. The lowest BCUT2D eigenvalue weighted by atomic mass is 10.3. The molecule has 0 fully saturated rings. The zero-order chi connectivity index (χ0) is 15.0. The van der Waals surface area contributed by atoms with Crippen LogP contribution in [0.2, 0.25) is 0 Å². The van der Waals surface area contributed by atoms with Crippen molar-refractivity contribution in [2.24, 2.45) is 25.7 Å². The fraction of sp³-hybridized carbons (Fsp3) is 0.273. The van der Waals surface area contributed by atoms with Crippen molar-refractivity contribution >= 4 is 62.6 Å². The van der Waals surface area contributed by atoms with Crippen LogP contribution >= 0.6 is 39.5 Å². The molecule has 10 heteroatoms. The molecule has 0 aliphatic carbocycles. The molecule has 0 saturated heterocycles. The third-order valence-corrected chi connectivity index (χ3v) is 5.46. The SMILES string of the molecule is CSc1nc(C)c(Br)c(SC2=NC(N)=NC3=NC=NC32)n1. The van der Waals surface area contributed by atoms with E-state index >= 15 is 0 Å². The molecule has 21 heavy (non-hydrogen) atoms. The van der Waals surface area contributed by atoms with Gasteiger partial charge < -0.3 is 5.73 Å². The van der Waals surface area contributed by atoms with Gasteiger partial charge in [-0.3, -0.25) is 4.99 Å². The number of guanidine groups is 1. The topological polar surface area (TPSA) is 101 Å². The first kappa shape index (κ1) is 14.7. The number of halogens is 1. The molecule has 3 rings (SSSR count). The quantitative estimate of drug-likeness (QED) is 0.477. The van der Waals surface area contributed by atoms with Gasteiger partial charge in [0.15, 0.2) is 17.0 Å². The van der Waals surface area contributed by atoms with E-state index in [1.165, 1.54) is 29.9 Å². The Labute approximate surface area is 137 Å². The van der Waals surface area contributed by atoms with Crippen molar-refractivity contribution < 1.29 is 0 Å². The Morgan fingerprint density at radius 1 is 1.29 bits per heavy atom. The van der Waals surface area contributed by atoms with Crippen molar-refractivity contribution in [2.45, 2.75) is 23.1 Å². The Hall–Kier alpha value is -1.26. The van der Waals surface area contributed by atoms with Gasteiger partial charge in [-0.25, -0.2) is 20.0 Å². The predicted molar refractivity (Wildman–Crippen MR) is 90.9 cm³/mol. The van der Waals surface area contributed by atoms with Crippen LogP contribution in [0.4, 0.5) is 0 Å². The molecule has 1 aromatic rings. The molecule has 1 unspecified atom stereocenters. The predicted octanol–water partition coefficient (Wildman–Crippen LogP) is 1.90. The molecular weight excluding hydrogens is 374 g/mol. The average Bonchev–Trinajstić information content (AvgIpc) is 2.91. The van der Waals surface area contributed by atoms with Gasteiger partial charge in [0, 0.05) is 0 Å². The van der Waals surface area contributed by atoms with Crippen molar-refractivity contribution in [2.75, 3.05) is 6.26 Å². The molecule has 0 amide bonds. The highest BCUT2D eigenvalue weighted by Crippen LogP contribution is 2.32. The second-order valence-corrected chi connectivity index (χ2v) is 6.67. The first-order valence-electron chi connectivity index (χ1n) is 5.86. The van der Waals surface area contributed by atoms with Crippen molar-refractivity contribution in [3.63, 3.8) is 0 Å². The van der Waals surface area contributed by atoms with E-state index in [-0.39, 0.29) is 12.0 Å². The van der Waals surface area contributed by atoms with Gasteiger partial charge in [0.2, 0.25) is 5.96 Å². The highest BCUT2D eigenvalue weighted by atomic mass is 79.9. The molecule has 1 aromatic heterocycles. The smallest absolute Gasteiger partial charge is 0.222 e. The van der Waals surface area contributed by atoms with Gasteiger partial charge in [0.05, 0.1) is 10.2 Å². The van der Waals surface area contributed by atoms with Crippen molar-refractivity contribution in [1.82, 2.24) is 9.97 Å². The number of aryl methyl sites for hydroxylation is 1. The maximum absolute atomic E-state index is 5.72. The summed E-state index contributed by atoms with van der Waals surface area (Å²) in [6.45, 7) is 1.93. The van der Waals surface area contributed by atoms with Crippen molar-refractivity contribution in [3.05, 3.63) is 10.2 Å². The van der Waals surface area contributed by atoms with Crippen molar-refractivity contribution in [3.8, 4) is 0 Å². The Bertz CT molecular complexity index is 726. The maximum atomic E-state index is 5.72. The minimum atomic E-state index is -0.290. The van der Waals surface area contributed by atoms with Gasteiger partial charge in [0.1, 0.15) is 16.4 Å². The van der Waals surface area contributed by atoms with E-state index in [4.69, 9.17) is 5.73 Å². The fourth-order valence-electron chi connectivity index (χ4n) is 1.72. The summed E-state index contributed by atoms with van der Waals surface area (Å²) in [6, 6.07) is -0.290. The first-order chi connectivity index (χ1) is 10.1. The van der Waals surface area contributed by atoms with Crippen LogP contribution in [0.5, 0.6) is 0 Å². The lowest BCUT2D eigenvalue weighted by Crippen LogP contribution is -2.31. The number of nitrogens with zero attached hydrogens (tertiary/aromatic N) is 6. The highest BCUT2D eigenvalue weighted by molar-refractivity contribution is 9.10. The molecule has 0 saturated carbocycles. The second kappa shape index (κ2) is 5.85. The Morgan fingerprint density at radius 2 is 2.10 bits per heavy atom. The second-order valence-electron chi connectivity index (χ2n) is 4.09. The molecular formula is C11H10BrN7S2. The van der Waals surface area contributed by atoms with E-state index in [2.05, 4.69) is 45.9 Å². The number of hydrogen-bond acceptors (Lipinski definition) is 9. The van der Waals surface area contributed by atoms with Gasteiger partial charge in [-0.05, 0) is 29.1 Å². The average molecular weight is 384 g/mol. The summed E-state index contributed by atoms with van der Waals surface area (Å²) < 4.78 is 0.842. The molecule has 7 nitrogen and oxygen atoms in total. The monoisotopic (exact) mass is 383 g/mol. The van der Waals surface area contributed by atoms with Gasteiger partial charge in [-0.1, -0.05) is 23.5 Å². The minimum absolute atomic E-state index is 0.185. The fourth-order valence-corrected chi connectivity index (χ4v) is 3.60. The highest BCUT2D eigenvalue weighted by Gasteiger charge is 2.30. The summed E-state index contributed by atoms with van der Waals surface area (Å²) >= 11 is 6.41. The third kappa shape index (κ3) is 2.87. The largest absolute Gasteiger partial charge is 0.368 e. The van der Waals surface area contributed by atoms with Gasteiger partial charge >= 0.3 is 0 Å². The molecule has 3 heterocycles. The molecule has 1 atom stereocenters. The van der Waals surface area contributed by atoms with E-state index < -0.39 is 0 Å². The number of rotatable bonds is 2. The molecule has 0 bridgehead atoms. The number of aromatic nitrogens is 2. The van der Waals surface area contributed by atoms with E-state index in [1.54, 1.807) is 0 Å². The first-order valence-corrected chi connectivity index (χ1v) is 8.70. The third-order valence-electron chi connectivity index (χ3n) is 2.69. The van der Waals surface area contributed by atoms with E-state index in [0.717, 1.165) is 15.2 Å². The number of aliphatic imine (C=N–C) groups is 4. The molecule has 0 spiro atoms. The lowest BCUT2D eigenvalue weighted by Gasteiger charge is -2.16. The standard InChI is InChI=1S/C11H10BrN7S2/c1-4-5(12)8(19-11(16-4)20-2)21-9-6-7(15-3-14-6)17-10(13)18-9/h3,6H,1-2H3,(H2,13,14,15,17). The van der Waals surface area contributed by atoms with Crippen LogP contribution in [-0.4, -0.2) is 45.4 Å². The summed E-state index contributed by atoms with van der Waals surface area (Å²) in [4.78, 5) is 25.6. The molecule has 2 aliphatic heterocycles. The van der Waals surface area contributed by atoms with Gasteiger partial charge in [-0.15, -0.1) is 0 Å². The number of amidine groups is 1. The lowest BCUT2D eigenvalue weighted by molar-refractivity contribution is 0.853. The zero-order valence-electron chi connectivity index (χ0n) is 11.1. The molecule has 2 aliphatic rings. The van der Waals surface area contributed by atoms with Crippen LogP contribution in [0.1, 0.15) is 5.69 Å². The maximum Gasteiger partial charge on any atom is 0.222 e. The van der Waals surface area contributed by atoms with E-state index in [9.17, 15) is 0 Å². The van der Waals surface area contributed by atoms with Crippen LogP contribution in [-0.2, 0) is 0 Å². The Morgan fingerprint density at radius 3 is 2.86 bits per heavy atom. The summed E-state index contributed by atoms with van der Waals surface area (Å²) in [5.41, 5.74) is 6.60. The Kier molecular flexibility index (Phi) is 4.09. The number of fused-ring (bicyclic) bond motifs is 1.